The first kappa shape index (κ1) is 15.0. The zero-order valence-corrected chi connectivity index (χ0v) is 12.9. The van der Waals surface area contributed by atoms with Crippen LogP contribution in [0.15, 0.2) is 28.7 Å². The molecule has 3 atom stereocenters. The van der Waals surface area contributed by atoms with Gasteiger partial charge in [0.25, 0.3) is 0 Å². The van der Waals surface area contributed by atoms with E-state index in [1.807, 2.05) is 31.2 Å². The largest absolute Gasteiger partial charge is 0.481 e. The third-order valence-corrected chi connectivity index (χ3v) is 4.61. The molecule has 1 fully saturated rings. The topological polar surface area (TPSA) is 66.4 Å². The molecule has 0 heterocycles. The monoisotopic (exact) mass is 339 g/mol. The molecule has 2 N–H and O–H groups in total. The lowest BCUT2D eigenvalue weighted by atomic mass is 10.0. The number of amides is 1. The van der Waals surface area contributed by atoms with Crippen molar-refractivity contribution in [1.82, 2.24) is 5.32 Å². The minimum Gasteiger partial charge on any atom is -0.481 e. The lowest BCUT2D eigenvalue weighted by molar-refractivity contribution is -0.141. The number of aliphatic carboxylic acids is 1. The maximum absolute atomic E-state index is 12.2. The van der Waals surface area contributed by atoms with E-state index in [1.165, 1.54) is 0 Å². The van der Waals surface area contributed by atoms with Gasteiger partial charge in [-0.1, -0.05) is 34.1 Å². The van der Waals surface area contributed by atoms with Gasteiger partial charge < -0.3 is 10.4 Å². The van der Waals surface area contributed by atoms with E-state index in [4.69, 9.17) is 5.11 Å². The van der Waals surface area contributed by atoms with Crippen molar-refractivity contribution in [1.29, 1.82) is 0 Å². The molecule has 1 aromatic carbocycles. The van der Waals surface area contributed by atoms with Crippen molar-refractivity contribution in [2.45, 2.75) is 32.2 Å². The van der Waals surface area contributed by atoms with Gasteiger partial charge in [-0.2, -0.15) is 0 Å². The second-order valence-electron chi connectivity index (χ2n) is 5.30. The number of carboxylic acids is 1. The van der Waals surface area contributed by atoms with Crippen LogP contribution in [0.4, 0.5) is 0 Å². The van der Waals surface area contributed by atoms with Crippen molar-refractivity contribution in [3.8, 4) is 0 Å². The van der Waals surface area contributed by atoms with Crippen LogP contribution in [0.2, 0.25) is 0 Å². The summed E-state index contributed by atoms with van der Waals surface area (Å²) in [6.45, 7) is 1.93. The highest BCUT2D eigenvalue weighted by Crippen LogP contribution is 2.32. The summed E-state index contributed by atoms with van der Waals surface area (Å²) in [4.78, 5) is 23.1. The molecule has 0 radical (unpaired) electrons. The van der Waals surface area contributed by atoms with Crippen LogP contribution in [0.25, 0.3) is 0 Å². The van der Waals surface area contributed by atoms with E-state index in [-0.39, 0.29) is 23.8 Å². The van der Waals surface area contributed by atoms with Gasteiger partial charge in [0.1, 0.15) is 0 Å². The van der Waals surface area contributed by atoms with Gasteiger partial charge in [-0.15, -0.1) is 0 Å². The zero-order valence-electron chi connectivity index (χ0n) is 11.3. The van der Waals surface area contributed by atoms with Crippen molar-refractivity contribution in [2.24, 2.45) is 11.8 Å². The number of nitrogens with one attached hydrogen (secondary N) is 1. The maximum Gasteiger partial charge on any atom is 0.306 e. The molecule has 0 aromatic heterocycles. The lowest BCUT2D eigenvalue weighted by Gasteiger charge is -2.18. The first-order valence-corrected chi connectivity index (χ1v) is 7.56. The van der Waals surface area contributed by atoms with E-state index in [9.17, 15) is 9.59 Å². The summed E-state index contributed by atoms with van der Waals surface area (Å²) in [5.41, 5.74) is 1.02. The molecule has 0 spiro atoms. The molecule has 1 aliphatic rings. The Morgan fingerprint density at radius 3 is 2.55 bits per heavy atom. The Morgan fingerprint density at radius 2 is 1.95 bits per heavy atom. The second-order valence-corrected chi connectivity index (χ2v) is 6.15. The van der Waals surface area contributed by atoms with Crippen LogP contribution in [-0.4, -0.2) is 17.0 Å². The number of carboxylic acid groups (broad SMARTS) is 1. The SMILES string of the molecule is C[C@@H](NC(=O)[C@@H]1CC[C@H](C(=O)O)C1)c1ccccc1Br. The summed E-state index contributed by atoms with van der Waals surface area (Å²) in [6.07, 6.45) is 1.70. The Balaban J connectivity index is 1.95. The highest BCUT2D eigenvalue weighted by Gasteiger charge is 2.34. The van der Waals surface area contributed by atoms with Crippen LogP contribution in [0, 0.1) is 11.8 Å². The average molecular weight is 340 g/mol. The summed E-state index contributed by atoms with van der Waals surface area (Å²) in [6, 6.07) is 7.66. The summed E-state index contributed by atoms with van der Waals surface area (Å²) in [7, 11) is 0. The highest BCUT2D eigenvalue weighted by molar-refractivity contribution is 9.10. The Bertz CT molecular complexity index is 518. The van der Waals surface area contributed by atoms with E-state index >= 15 is 0 Å². The first-order chi connectivity index (χ1) is 9.49. The summed E-state index contributed by atoms with van der Waals surface area (Å²) < 4.78 is 0.961. The predicted octanol–water partition coefficient (Wildman–Crippen LogP) is 3.13. The minimum absolute atomic E-state index is 0.0444. The molecule has 0 saturated heterocycles. The number of benzene rings is 1. The number of hydrogen-bond donors (Lipinski definition) is 2. The van der Waals surface area contributed by atoms with Crippen molar-refractivity contribution in [3.63, 3.8) is 0 Å². The lowest BCUT2D eigenvalue weighted by Crippen LogP contribution is -2.32. The summed E-state index contributed by atoms with van der Waals surface area (Å²) in [5.74, 6) is -1.39. The average Bonchev–Trinajstić information content (AvgIpc) is 2.88. The molecule has 0 unspecified atom stereocenters. The van der Waals surface area contributed by atoms with E-state index in [2.05, 4.69) is 21.2 Å². The fourth-order valence-corrected chi connectivity index (χ4v) is 3.31. The number of hydrogen-bond acceptors (Lipinski definition) is 2. The van der Waals surface area contributed by atoms with E-state index in [0.29, 0.717) is 19.3 Å². The van der Waals surface area contributed by atoms with Crippen molar-refractivity contribution in [2.75, 3.05) is 0 Å². The van der Waals surface area contributed by atoms with Crippen molar-refractivity contribution in [3.05, 3.63) is 34.3 Å². The summed E-state index contributed by atoms with van der Waals surface area (Å²) in [5, 5.41) is 11.9. The van der Waals surface area contributed by atoms with Crippen LogP contribution in [0.1, 0.15) is 37.8 Å². The zero-order chi connectivity index (χ0) is 14.7. The Morgan fingerprint density at radius 1 is 1.30 bits per heavy atom. The van der Waals surface area contributed by atoms with Crippen LogP contribution < -0.4 is 5.32 Å². The fourth-order valence-electron chi connectivity index (χ4n) is 2.68. The molecule has 0 aliphatic heterocycles. The van der Waals surface area contributed by atoms with Gasteiger partial charge in [0.15, 0.2) is 0 Å². The van der Waals surface area contributed by atoms with Gasteiger partial charge in [-0.3, -0.25) is 9.59 Å². The highest BCUT2D eigenvalue weighted by atomic mass is 79.9. The third kappa shape index (κ3) is 3.39. The molecule has 0 bridgehead atoms. The standard InChI is InChI=1S/C15H18BrNO3/c1-9(12-4-2-3-5-13(12)16)17-14(18)10-6-7-11(8-10)15(19)20/h2-5,9-11H,6-8H2,1H3,(H,17,18)(H,19,20)/t9-,10-,11+/m1/s1. The van der Waals surface area contributed by atoms with Gasteiger partial charge in [-0.25, -0.2) is 0 Å². The fraction of sp³-hybridized carbons (Fsp3) is 0.467. The van der Waals surface area contributed by atoms with Gasteiger partial charge in [0.2, 0.25) is 5.91 Å². The molecule has 1 aliphatic carbocycles. The van der Waals surface area contributed by atoms with Crippen LogP contribution >= 0.6 is 15.9 Å². The normalized spacial score (nSPS) is 23.3. The maximum atomic E-state index is 12.2. The number of carbonyl (C=O) groups is 2. The van der Waals surface area contributed by atoms with Crippen molar-refractivity contribution >= 4 is 27.8 Å². The number of halogens is 1. The molecular weight excluding hydrogens is 322 g/mol. The molecule has 1 aromatic rings. The second kappa shape index (κ2) is 6.39. The quantitative estimate of drug-likeness (QED) is 0.885. The Kier molecular flexibility index (Phi) is 4.81. The van der Waals surface area contributed by atoms with Gasteiger partial charge >= 0.3 is 5.97 Å². The Labute approximate surface area is 126 Å². The molecule has 1 saturated carbocycles. The first-order valence-electron chi connectivity index (χ1n) is 6.76. The van der Waals surface area contributed by atoms with Gasteiger partial charge in [-0.05, 0) is 37.8 Å². The molecule has 1 amide bonds. The Hall–Kier alpha value is -1.36. The van der Waals surface area contributed by atoms with E-state index < -0.39 is 5.97 Å². The molecule has 4 nitrogen and oxygen atoms in total. The van der Waals surface area contributed by atoms with Crippen LogP contribution in [-0.2, 0) is 9.59 Å². The molecule has 108 valence electrons. The van der Waals surface area contributed by atoms with E-state index in [1.54, 1.807) is 0 Å². The number of rotatable bonds is 4. The van der Waals surface area contributed by atoms with Crippen LogP contribution in [0.5, 0.6) is 0 Å². The van der Waals surface area contributed by atoms with Crippen LogP contribution in [0.3, 0.4) is 0 Å². The van der Waals surface area contributed by atoms with Gasteiger partial charge in [0.05, 0.1) is 12.0 Å². The smallest absolute Gasteiger partial charge is 0.306 e. The number of carbonyl (C=O) groups excluding carboxylic acids is 1. The van der Waals surface area contributed by atoms with E-state index in [0.717, 1.165) is 10.0 Å². The van der Waals surface area contributed by atoms with Gasteiger partial charge in [0, 0.05) is 10.4 Å². The molecular formula is C15H18BrNO3. The molecule has 20 heavy (non-hydrogen) atoms. The molecule has 2 rings (SSSR count). The van der Waals surface area contributed by atoms with Crippen molar-refractivity contribution < 1.29 is 14.7 Å². The summed E-state index contributed by atoms with van der Waals surface area (Å²) >= 11 is 3.47. The third-order valence-electron chi connectivity index (χ3n) is 3.88. The minimum atomic E-state index is -0.792. The predicted molar refractivity (Wildman–Crippen MR) is 79.2 cm³/mol. The molecule has 5 heteroatoms.